The Morgan fingerprint density at radius 1 is 1.13 bits per heavy atom. The average molecular weight is 425 g/mol. The number of carbonyl (C=O) groups excluding carboxylic acids is 2. The van der Waals surface area contributed by atoms with E-state index in [4.69, 9.17) is 4.52 Å². The van der Waals surface area contributed by atoms with Gasteiger partial charge in [-0.25, -0.2) is 9.18 Å². The van der Waals surface area contributed by atoms with Crippen LogP contribution in [0.25, 0.3) is 11.4 Å². The van der Waals surface area contributed by atoms with Crippen molar-refractivity contribution in [3.63, 3.8) is 0 Å². The van der Waals surface area contributed by atoms with Gasteiger partial charge in [-0.05, 0) is 36.8 Å². The Morgan fingerprint density at radius 2 is 1.84 bits per heavy atom. The first-order chi connectivity index (χ1) is 14.9. The van der Waals surface area contributed by atoms with Gasteiger partial charge in [-0.15, -0.1) is 0 Å². The summed E-state index contributed by atoms with van der Waals surface area (Å²) >= 11 is 0. The lowest BCUT2D eigenvalue weighted by molar-refractivity contribution is -0.121. The molecule has 31 heavy (non-hydrogen) atoms. The number of hydrogen-bond acceptors (Lipinski definition) is 5. The van der Waals surface area contributed by atoms with E-state index in [1.807, 2.05) is 30.3 Å². The number of urea groups is 1. The van der Waals surface area contributed by atoms with Crippen LogP contribution < -0.4 is 10.6 Å². The van der Waals surface area contributed by atoms with Crippen molar-refractivity contribution in [2.24, 2.45) is 0 Å². The van der Waals surface area contributed by atoms with Gasteiger partial charge in [-0.3, -0.25) is 4.79 Å². The summed E-state index contributed by atoms with van der Waals surface area (Å²) in [5.41, 5.74) is 1.63. The van der Waals surface area contributed by atoms with Crippen molar-refractivity contribution in [2.75, 3.05) is 13.6 Å². The normalized spacial score (nSPS) is 11.6. The van der Waals surface area contributed by atoms with Crippen LogP contribution in [-0.2, 0) is 11.3 Å². The molecule has 1 heterocycles. The Hall–Kier alpha value is -3.75. The predicted octanol–water partition coefficient (Wildman–Crippen LogP) is 3.28. The SMILES string of the molecule is CC(NC(=O)CCNC(=O)N(C)Cc1ccccc1)c1nc(-c2ccc(F)cc2)no1. The van der Waals surface area contributed by atoms with Gasteiger partial charge < -0.3 is 20.1 Å². The first-order valence-electron chi connectivity index (χ1n) is 9.84. The van der Waals surface area contributed by atoms with Crippen LogP contribution in [0, 0.1) is 5.82 Å². The van der Waals surface area contributed by atoms with Gasteiger partial charge in [0.05, 0.1) is 0 Å². The fraction of sp³-hybridized carbons (Fsp3) is 0.273. The standard InChI is InChI=1S/C22H24FN5O3/c1-15(21-26-20(27-31-21)17-8-10-18(23)11-9-17)25-19(29)12-13-24-22(30)28(2)14-16-6-4-3-5-7-16/h3-11,15H,12-14H2,1-2H3,(H,24,30)(H,25,29). The predicted molar refractivity (Wildman–Crippen MR) is 112 cm³/mol. The number of nitrogens with zero attached hydrogens (tertiary/aromatic N) is 3. The summed E-state index contributed by atoms with van der Waals surface area (Å²) in [5.74, 6) is -0.0735. The molecule has 0 aliphatic heterocycles. The quantitative estimate of drug-likeness (QED) is 0.577. The zero-order chi connectivity index (χ0) is 22.2. The molecule has 0 aliphatic rings. The minimum Gasteiger partial charge on any atom is -0.345 e. The summed E-state index contributed by atoms with van der Waals surface area (Å²) in [7, 11) is 1.69. The Balaban J connectivity index is 1.42. The van der Waals surface area contributed by atoms with Crippen LogP contribution in [0.4, 0.5) is 9.18 Å². The van der Waals surface area contributed by atoms with Crippen LogP contribution in [0.2, 0.25) is 0 Å². The van der Waals surface area contributed by atoms with Gasteiger partial charge in [0, 0.05) is 32.1 Å². The van der Waals surface area contributed by atoms with E-state index in [1.54, 1.807) is 31.0 Å². The van der Waals surface area contributed by atoms with Crippen molar-refractivity contribution in [1.82, 2.24) is 25.7 Å². The number of rotatable bonds is 8. The maximum Gasteiger partial charge on any atom is 0.317 e. The number of carbonyl (C=O) groups is 2. The Morgan fingerprint density at radius 3 is 2.55 bits per heavy atom. The van der Waals surface area contributed by atoms with E-state index in [0.29, 0.717) is 17.9 Å². The molecule has 0 aliphatic carbocycles. The van der Waals surface area contributed by atoms with Crippen LogP contribution in [0.15, 0.2) is 59.1 Å². The van der Waals surface area contributed by atoms with Crippen LogP contribution in [0.3, 0.4) is 0 Å². The lowest BCUT2D eigenvalue weighted by atomic mass is 10.2. The molecule has 0 fully saturated rings. The fourth-order valence-corrected chi connectivity index (χ4v) is 2.85. The third-order valence-corrected chi connectivity index (χ3v) is 4.53. The van der Waals surface area contributed by atoms with Gasteiger partial charge in [-0.1, -0.05) is 35.5 Å². The third-order valence-electron chi connectivity index (χ3n) is 4.53. The van der Waals surface area contributed by atoms with Gasteiger partial charge >= 0.3 is 6.03 Å². The molecule has 0 saturated carbocycles. The van der Waals surface area contributed by atoms with Crippen molar-refractivity contribution in [3.8, 4) is 11.4 Å². The third kappa shape index (κ3) is 6.36. The topological polar surface area (TPSA) is 100 Å². The molecule has 0 saturated heterocycles. The first kappa shape index (κ1) is 21.9. The molecule has 1 aromatic heterocycles. The molecule has 0 spiro atoms. The molecule has 3 aromatic rings. The molecule has 162 valence electrons. The highest BCUT2D eigenvalue weighted by molar-refractivity contribution is 5.78. The van der Waals surface area contributed by atoms with E-state index in [-0.39, 0.29) is 36.6 Å². The van der Waals surface area contributed by atoms with Gasteiger partial charge in [-0.2, -0.15) is 4.98 Å². The van der Waals surface area contributed by atoms with Crippen LogP contribution in [-0.4, -0.2) is 40.6 Å². The average Bonchev–Trinajstić information content (AvgIpc) is 3.25. The Bertz CT molecular complexity index is 1010. The van der Waals surface area contributed by atoms with E-state index < -0.39 is 6.04 Å². The van der Waals surface area contributed by atoms with Crippen molar-refractivity contribution in [3.05, 3.63) is 71.9 Å². The second kappa shape index (κ2) is 10.3. The molecule has 1 atom stereocenters. The summed E-state index contributed by atoms with van der Waals surface area (Å²) in [5, 5.41) is 9.33. The molecular formula is C22H24FN5O3. The lowest BCUT2D eigenvalue weighted by Crippen LogP contribution is -2.39. The minimum atomic E-state index is -0.509. The molecule has 2 aromatic carbocycles. The van der Waals surface area contributed by atoms with Crippen molar-refractivity contribution >= 4 is 11.9 Å². The highest BCUT2D eigenvalue weighted by atomic mass is 19.1. The van der Waals surface area contributed by atoms with E-state index in [0.717, 1.165) is 5.56 Å². The maximum atomic E-state index is 13.0. The summed E-state index contributed by atoms with van der Waals surface area (Å²) in [4.78, 5) is 30.1. The lowest BCUT2D eigenvalue weighted by Gasteiger charge is -2.18. The van der Waals surface area contributed by atoms with Gasteiger partial charge in [0.25, 0.3) is 0 Å². The minimum absolute atomic E-state index is 0.105. The molecule has 0 bridgehead atoms. The van der Waals surface area contributed by atoms with Crippen LogP contribution in [0.1, 0.15) is 30.8 Å². The summed E-state index contributed by atoms with van der Waals surface area (Å²) < 4.78 is 18.2. The van der Waals surface area contributed by atoms with Gasteiger partial charge in [0.1, 0.15) is 11.9 Å². The Kier molecular flexibility index (Phi) is 7.31. The van der Waals surface area contributed by atoms with E-state index in [2.05, 4.69) is 20.8 Å². The van der Waals surface area contributed by atoms with Gasteiger partial charge in [0.2, 0.25) is 17.6 Å². The first-order valence-corrected chi connectivity index (χ1v) is 9.84. The number of amides is 3. The number of halogens is 1. The second-order valence-corrected chi connectivity index (χ2v) is 7.08. The van der Waals surface area contributed by atoms with E-state index >= 15 is 0 Å². The molecule has 9 heteroatoms. The van der Waals surface area contributed by atoms with Crippen LogP contribution >= 0.6 is 0 Å². The molecule has 3 rings (SSSR count). The largest absolute Gasteiger partial charge is 0.345 e. The van der Waals surface area contributed by atoms with Crippen molar-refractivity contribution in [1.29, 1.82) is 0 Å². The number of hydrogen-bond donors (Lipinski definition) is 2. The molecule has 0 radical (unpaired) electrons. The monoisotopic (exact) mass is 425 g/mol. The van der Waals surface area contributed by atoms with Crippen molar-refractivity contribution in [2.45, 2.75) is 25.9 Å². The molecule has 8 nitrogen and oxygen atoms in total. The fourth-order valence-electron chi connectivity index (χ4n) is 2.85. The zero-order valence-corrected chi connectivity index (χ0v) is 17.3. The summed E-state index contributed by atoms with van der Waals surface area (Å²) in [6.45, 7) is 2.39. The molecule has 3 amide bonds. The second-order valence-electron chi connectivity index (χ2n) is 7.08. The number of benzene rings is 2. The smallest absolute Gasteiger partial charge is 0.317 e. The van der Waals surface area contributed by atoms with Crippen molar-refractivity contribution < 1.29 is 18.5 Å². The number of nitrogens with one attached hydrogen (secondary N) is 2. The van der Waals surface area contributed by atoms with E-state index in [1.165, 1.54) is 12.1 Å². The van der Waals surface area contributed by atoms with Crippen LogP contribution in [0.5, 0.6) is 0 Å². The Labute approximate surface area is 179 Å². The number of aromatic nitrogens is 2. The van der Waals surface area contributed by atoms with E-state index in [9.17, 15) is 14.0 Å². The molecule has 2 N–H and O–H groups in total. The molecular weight excluding hydrogens is 401 g/mol. The summed E-state index contributed by atoms with van der Waals surface area (Å²) in [6.07, 6.45) is 0.105. The summed E-state index contributed by atoms with van der Waals surface area (Å²) in [6, 6.07) is 14.6. The molecule has 1 unspecified atom stereocenters. The van der Waals surface area contributed by atoms with Gasteiger partial charge in [0.15, 0.2) is 0 Å². The maximum absolute atomic E-state index is 13.0. The highest BCUT2D eigenvalue weighted by Gasteiger charge is 2.18. The highest BCUT2D eigenvalue weighted by Crippen LogP contribution is 2.19. The zero-order valence-electron chi connectivity index (χ0n) is 17.3.